The van der Waals surface area contributed by atoms with E-state index < -0.39 is 0 Å². The standard InChI is InChI=1S/C23H37N5O/c1-27(2)22(29)17-25-23(26-21-8-4-3-5-9-21)24-16-19-10-12-20(13-11-19)18-28-14-6-7-15-28/h10-13,21H,3-9,14-18H2,1-2H3,(H2,24,25,26). The molecule has 3 rings (SSSR count). The van der Waals surface area contributed by atoms with Crippen molar-refractivity contribution < 1.29 is 4.79 Å². The average Bonchev–Trinajstić information content (AvgIpc) is 3.24. The van der Waals surface area contributed by atoms with E-state index in [0.29, 0.717) is 12.6 Å². The first kappa shape index (κ1) is 21.6. The number of benzene rings is 1. The van der Waals surface area contributed by atoms with Crippen molar-refractivity contribution in [3.8, 4) is 0 Å². The highest BCUT2D eigenvalue weighted by molar-refractivity contribution is 5.86. The largest absolute Gasteiger partial charge is 0.354 e. The summed E-state index contributed by atoms with van der Waals surface area (Å²) in [5.41, 5.74) is 2.56. The van der Waals surface area contributed by atoms with Crippen LogP contribution in [-0.4, -0.2) is 61.4 Å². The van der Waals surface area contributed by atoms with Gasteiger partial charge in [-0.15, -0.1) is 0 Å². The number of hydrogen-bond acceptors (Lipinski definition) is 3. The van der Waals surface area contributed by atoms with Crippen molar-refractivity contribution in [1.29, 1.82) is 0 Å². The van der Waals surface area contributed by atoms with Gasteiger partial charge in [0, 0.05) is 26.7 Å². The van der Waals surface area contributed by atoms with Crippen LogP contribution in [-0.2, 0) is 17.9 Å². The smallest absolute Gasteiger partial charge is 0.241 e. The Morgan fingerprint density at radius 2 is 1.69 bits per heavy atom. The molecular weight excluding hydrogens is 362 g/mol. The van der Waals surface area contributed by atoms with Crippen LogP contribution in [0.15, 0.2) is 29.3 Å². The molecule has 0 bridgehead atoms. The first-order chi connectivity index (χ1) is 14.1. The molecule has 2 fully saturated rings. The normalized spacial score (nSPS) is 18.6. The van der Waals surface area contributed by atoms with Gasteiger partial charge in [-0.3, -0.25) is 9.69 Å². The third-order valence-corrected chi connectivity index (χ3v) is 5.90. The van der Waals surface area contributed by atoms with Gasteiger partial charge < -0.3 is 15.5 Å². The molecule has 1 aromatic rings. The summed E-state index contributed by atoms with van der Waals surface area (Å²) < 4.78 is 0. The summed E-state index contributed by atoms with van der Waals surface area (Å²) >= 11 is 0. The molecule has 1 saturated carbocycles. The molecule has 0 aromatic heterocycles. The van der Waals surface area contributed by atoms with Gasteiger partial charge in [0.05, 0.1) is 13.1 Å². The van der Waals surface area contributed by atoms with E-state index in [4.69, 9.17) is 4.99 Å². The third-order valence-electron chi connectivity index (χ3n) is 5.90. The second-order valence-corrected chi connectivity index (χ2v) is 8.59. The summed E-state index contributed by atoms with van der Waals surface area (Å²) in [5, 5.41) is 6.76. The van der Waals surface area contributed by atoms with Crippen molar-refractivity contribution in [1.82, 2.24) is 20.4 Å². The van der Waals surface area contributed by atoms with Crippen LogP contribution in [0.25, 0.3) is 0 Å². The first-order valence-electron chi connectivity index (χ1n) is 11.2. The van der Waals surface area contributed by atoms with Gasteiger partial charge in [-0.25, -0.2) is 4.99 Å². The minimum Gasteiger partial charge on any atom is -0.354 e. The summed E-state index contributed by atoms with van der Waals surface area (Å²) in [6, 6.07) is 9.25. The summed E-state index contributed by atoms with van der Waals surface area (Å²) in [6.07, 6.45) is 8.85. The maximum Gasteiger partial charge on any atom is 0.241 e. The lowest BCUT2D eigenvalue weighted by molar-refractivity contribution is -0.127. The molecule has 2 N–H and O–H groups in total. The maximum atomic E-state index is 12.0. The molecule has 0 spiro atoms. The van der Waals surface area contributed by atoms with Crippen molar-refractivity contribution in [3.05, 3.63) is 35.4 Å². The minimum absolute atomic E-state index is 0.0504. The van der Waals surface area contributed by atoms with E-state index in [9.17, 15) is 4.79 Å². The average molecular weight is 400 g/mol. The fourth-order valence-corrected chi connectivity index (χ4v) is 4.03. The summed E-state index contributed by atoms with van der Waals surface area (Å²) in [5.74, 6) is 0.794. The Balaban J connectivity index is 1.56. The fraction of sp³-hybridized carbons (Fsp3) is 0.652. The monoisotopic (exact) mass is 399 g/mol. The molecule has 1 saturated heterocycles. The fourth-order valence-electron chi connectivity index (χ4n) is 4.03. The number of aliphatic imine (C=N–C) groups is 1. The molecule has 6 nitrogen and oxygen atoms in total. The molecular formula is C23H37N5O. The maximum absolute atomic E-state index is 12.0. The topological polar surface area (TPSA) is 60.0 Å². The minimum atomic E-state index is 0.0504. The van der Waals surface area contributed by atoms with E-state index >= 15 is 0 Å². The van der Waals surface area contributed by atoms with Crippen molar-refractivity contribution in [2.45, 2.75) is 64.1 Å². The van der Waals surface area contributed by atoms with Crippen molar-refractivity contribution >= 4 is 11.9 Å². The van der Waals surface area contributed by atoms with Crippen LogP contribution >= 0.6 is 0 Å². The highest BCUT2D eigenvalue weighted by Crippen LogP contribution is 2.17. The number of carbonyl (C=O) groups is 1. The van der Waals surface area contributed by atoms with Gasteiger partial charge in [0.15, 0.2) is 5.96 Å². The highest BCUT2D eigenvalue weighted by atomic mass is 16.2. The van der Waals surface area contributed by atoms with Crippen molar-refractivity contribution in [3.63, 3.8) is 0 Å². The van der Waals surface area contributed by atoms with Crippen LogP contribution in [0.1, 0.15) is 56.1 Å². The number of hydrogen-bond donors (Lipinski definition) is 2. The van der Waals surface area contributed by atoms with Gasteiger partial charge in [-0.05, 0) is 49.9 Å². The molecule has 29 heavy (non-hydrogen) atoms. The zero-order valence-electron chi connectivity index (χ0n) is 18.1. The Morgan fingerprint density at radius 3 is 2.34 bits per heavy atom. The molecule has 1 aliphatic carbocycles. The van der Waals surface area contributed by atoms with Crippen LogP contribution < -0.4 is 10.6 Å². The van der Waals surface area contributed by atoms with E-state index in [0.717, 1.165) is 12.5 Å². The van der Waals surface area contributed by atoms with Crippen LogP contribution in [0.3, 0.4) is 0 Å². The molecule has 1 amide bonds. The quantitative estimate of drug-likeness (QED) is 0.547. The lowest BCUT2D eigenvalue weighted by Gasteiger charge is -2.25. The van der Waals surface area contributed by atoms with Gasteiger partial charge in [0.25, 0.3) is 0 Å². The second kappa shape index (κ2) is 11.2. The van der Waals surface area contributed by atoms with Crippen LogP contribution in [0.4, 0.5) is 0 Å². The van der Waals surface area contributed by atoms with Crippen LogP contribution in [0, 0.1) is 0 Å². The molecule has 0 unspecified atom stereocenters. The molecule has 0 atom stereocenters. The Bertz CT molecular complexity index is 658. The Labute approximate surface area is 175 Å². The Hall–Kier alpha value is -2.08. The number of nitrogens with zero attached hydrogens (tertiary/aromatic N) is 3. The van der Waals surface area contributed by atoms with Gasteiger partial charge in [0.1, 0.15) is 0 Å². The van der Waals surface area contributed by atoms with Crippen LogP contribution in [0.2, 0.25) is 0 Å². The van der Waals surface area contributed by atoms with E-state index in [2.05, 4.69) is 39.8 Å². The number of likely N-dealkylation sites (N-methyl/N-ethyl adjacent to an activating group) is 1. The van der Waals surface area contributed by atoms with Crippen molar-refractivity contribution in [2.24, 2.45) is 4.99 Å². The SMILES string of the molecule is CN(C)C(=O)CNC(=NCc1ccc(CN2CCCC2)cc1)NC1CCCCC1. The Kier molecular flexibility index (Phi) is 8.35. The number of rotatable bonds is 7. The summed E-state index contributed by atoms with van der Waals surface area (Å²) in [6.45, 7) is 4.37. The second-order valence-electron chi connectivity index (χ2n) is 8.59. The molecule has 1 aliphatic heterocycles. The van der Waals surface area contributed by atoms with E-state index in [-0.39, 0.29) is 12.5 Å². The predicted molar refractivity (Wildman–Crippen MR) is 119 cm³/mol. The number of nitrogens with one attached hydrogen (secondary N) is 2. The zero-order valence-corrected chi connectivity index (χ0v) is 18.1. The number of carbonyl (C=O) groups excluding carboxylic acids is 1. The van der Waals surface area contributed by atoms with Gasteiger partial charge in [0.2, 0.25) is 5.91 Å². The number of amides is 1. The lowest BCUT2D eigenvalue weighted by Crippen LogP contribution is -2.47. The van der Waals surface area contributed by atoms with E-state index in [1.165, 1.54) is 69.2 Å². The predicted octanol–water partition coefficient (Wildman–Crippen LogP) is 2.74. The molecule has 2 aliphatic rings. The van der Waals surface area contributed by atoms with E-state index in [1.807, 2.05) is 0 Å². The summed E-state index contributed by atoms with van der Waals surface area (Å²) in [4.78, 5) is 20.9. The summed E-state index contributed by atoms with van der Waals surface area (Å²) in [7, 11) is 3.55. The first-order valence-corrected chi connectivity index (χ1v) is 11.2. The van der Waals surface area contributed by atoms with E-state index in [1.54, 1.807) is 19.0 Å². The molecule has 160 valence electrons. The highest BCUT2D eigenvalue weighted by Gasteiger charge is 2.15. The van der Waals surface area contributed by atoms with Gasteiger partial charge >= 0.3 is 0 Å². The third kappa shape index (κ3) is 7.35. The Morgan fingerprint density at radius 1 is 1.03 bits per heavy atom. The molecule has 0 radical (unpaired) electrons. The molecule has 1 heterocycles. The molecule has 6 heteroatoms. The van der Waals surface area contributed by atoms with Crippen LogP contribution in [0.5, 0.6) is 0 Å². The number of likely N-dealkylation sites (tertiary alicyclic amines) is 1. The molecule has 1 aromatic carbocycles. The van der Waals surface area contributed by atoms with Gasteiger partial charge in [-0.1, -0.05) is 43.5 Å². The lowest BCUT2D eigenvalue weighted by atomic mass is 9.96. The van der Waals surface area contributed by atoms with Gasteiger partial charge in [-0.2, -0.15) is 0 Å². The number of guanidine groups is 1. The zero-order chi connectivity index (χ0) is 20.5. The van der Waals surface area contributed by atoms with Crippen molar-refractivity contribution in [2.75, 3.05) is 33.7 Å².